The van der Waals surface area contributed by atoms with Crippen molar-refractivity contribution in [3.05, 3.63) is 71.9 Å². The molecule has 0 saturated carbocycles. The third kappa shape index (κ3) is 4.37. The van der Waals surface area contributed by atoms with Gasteiger partial charge in [-0.15, -0.1) is 11.8 Å². The van der Waals surface area contributed by atoms with E-state index in [4.69, 9.17) is 0 Å². The zero-order valence-electron chi connectivity index (χ0n) is 15.0. The van der Waals surface area contributed by atoms with Gasteiger partial charge in [-0.05, 0) is 26.0 Å². The molecule has 1 aromatic carbocycles. The highest BCUT2D eigenvalue weighted by Gasteiger charge is 2.14. The quantitative estimate of drug-likeness (QED) is 0.702. The predicted molar refractivity (Wildman–Crippen MR) is 110 cm³/mol. The van der Waals surface area contributed by atoms with Gasteiger partial charge in [-0.3, -0.25) is 18.7 Å². The summed E-state index contributed by atoms with van der Waals surface area (Å²) >= 11 is 4.66. The molecule has 1 heterocycles. The molecule has 8 heteroatoms. The van der Waals surface area contributed by atoms with Gasteiger partial charge in [0.15, 0.2) is 5.78 Å². The molecule has 0 amide bonds. The van der Waals surface area contributed by atoms with Crippen LogP contribution >= 0.6 is 27.7 Å². The Labute approximate surface area is 164 Å². The maximum absolute atomic E-state index is 12.4. The molecule has 0 bridgehead atoms. The van der Waals surface area contributed by atoms with E-state index in [1.54, 1.807) is 32.2 Å². The van der Waals surface area contributed by atoms with Crippen molar-refractivity contribution >= 4 is 39.2 Å². The number of nitrogens with zero attached hydrogens (tertiary/aromatic N) is 2. The number of halogens is 1. The number of carbonyl (C=O) groups excluding carboxylic acids is 1. The first-order chi connectivity index (χ1) is 12.3. The highest BCUT2D eigenvalue weighted by molar-refractivity contribution is 9.10. The van der Waals surface area contributed by atoms with E-state index in [0.717, 1.165) is 9.04 Å². The number of nitrogens with one attached hydrogen (secondary N) is 1. The summed E-state index contributed by atoms with van der Waals surface area (Å²) in [7, 11) is 3.05. The van der Waals surface area contributed by atoms with Crippen molar-refractivity contribution in [2.45, 2.75) is 13.8 Å². The van der Waals surface area contributed by atoms with Gasteiger partial charge >= 0.3 is 5.69 Å². The van der Waals surface area contributed by atoms with Crippen LogP contribution in [0.3, 0.4) is 0 Å². The van der Waals surface area contributed by atoms with Crippen LogP contribution in [0.5, 0.6) is 0 Å². The number of thioether (sulfide) groups is 1. The summed E-state index contributed by atoms with van der Waals surface area (Å²) in [5.74, 6) is 0.219. The van der Waals surface area contributed by atoms with Crippen molar-refractivity contribution in [3.8, 4) is 0 Å². The summed E-state index contributed by atoms with van der Waals surface area (Å²) in [5.41, 5.74) is 0.708. The first kappa shape index (κ1) is 20.3. The number of allylic oxidation sites excluding steroid dienone is 1. The normalized spacial score (nSPS) is 11.5. The molecule has 0 fully saturated rings. The highest BCUT2D eigenvalue weighted by atomic mass is 79.9. The Morgan fingerprint density at radius 1 is 1.27 bits per heavy atom. The summed E-state index contributed by atoms with van der Waals surface area (Å²) in [6, 6.07) is 7.22. The largest absolute Gasteiger partial charge is 0.345 e. The maximum atomic E-state index is 12.4. The number of benzene rings is 1. The number of ketones is 1. The molecule has 26 heavy (non-hydrogen) atoms. The van der Waals surface area contributed by atoms with Gasteiger partial charge in [-0.25, -0.2) is 4.79 Å². The second kappa shape index (κ2) is 8.55. The zero-order chi connectivity index (χ0) is 19.4. The molecule has 0 saturated heterocycles. The van der Waals surface area contributed by atoms with Crippen molar-refractivity contribution in [3.63, 3.8) is 0 Å². The Hall–Kier alpha value is -2.06. The standard InChI is InChI=1S/C18H20BrN3O3S/c1-5-15(26-10-14(23)12-7-6-8-13(19)9-12)20-16-11(2)21(3)18(25)22(4)17(16)24/h5-9,20H,10H2,1-4H3/b15-5+. The van der Waals surface area contributed by atoms with Crippen molar-refractivity contribution in [1.82, 2.24) is 9.13 Å². The minimum atomic E-state index is -0.399. The molecular formula is C18H20BrN3O3S. The zero-order valence-corrected chi connectivity index (χ0v) is 17.4. The fourth-order valence-corrected chi connectivity index (χ4v) is 3.49. The lowest BCUT2D eigenvalue weighted by Gasteiger charge is -2.15. The summed E-state index contributed by atoms with van der Waals surface area (Å²) in [4.78, 5) is 36.7. The first-order valence-corrected chi connectivity index (χ1v) is 9.65. The van der Waals surface area contributed by atoms with Crippen molar-refractivity contribution in [1.29, 1.82) is 0 Å². The van der Waals surface area contributed by atoms with E-state index in [9.17, 15) is 14.4 Å². The summed E-state index contributed by atoms with van der Waals surface area (Å²) in [6.45, 7) is 3.52. The number of hydrogen-bond acceptors (Lipinski definition) is 5. The van der Waals surface area contributed by atoms with E-state index in [1.807, 2.05) is 19.1 Å². The van der Waals surface area contributed by atoms with Crippen LogP contribution in [0.1, 0.15) is 23.0 Å². The molecule has 1 aromatic heterocycles. The molecule has 0 aliphatic rings. The van der Waals surface area contributed by atoms with E-state index in [-0.39, 0.29) is 17.2 Å². The molecule has 2 aromatic rings. The Kier molecular flexibility index (Phi) is 6.66. The van der Waals surface area contributed by atoms with E-state index >= 15 is 0 Å². The van der Waals surface area contributed by atoms with Crippen LogP contribution in [0.15, 0.2) is 49.4 Å². The number of anilines is 1. The highest BCUT2D eigenvalue weighted by Crippen LogP contribution is 2.21. The topological polar surface area (TPSA) is 73.1 Å². The van der Waals surface area contributed by atoms with Crippen LogP contribution in [0.25, 0.3) is 0 Å². The lowest BCUT2D eigenvalue weighted by atomic mass is 10.2. The van der Waals surface area contributed by atoms with Gasteiger partial charge in [0.05, 0.1) is 10.8 Å². The number of carbonyl (C=O) groups is 1. The molecule has 0 aliphatic heterocycles. The minimum Gasteiger partial charge on any atom is -0.345 e. The summed E-state index contributed by atoms with van der Waals surface area (Å²) in [6.07, 6.45) is 1.79. The second-order valence-corrected chi connectivity index (χ2v) is 7.60. The van der Waals surface area contributed by atoms with E-state index in [0.29, 0.717) is 22.0 Å². The van der Waals surface area contributed by atoms with Gasteiger partial charge < -0.3 is 5.32 Å². The fourth-order valence-electron chi connectivity index (χ4n) is 2.29. The molecule has 138 valence electrons. The molecule has 0 radical (unpaired) electrons. The molecule has 0 spiro atoms. The smallest absolute Gasteiger partial charge is 0.330 e. The Bertz CT molecular complexity index is 992. The van der Waals surface area contributed by atoms with Crippen molar-refractivity contribution in [2.24, 2.45) is 14.1 Å². The monoisotopic (exact) mass is 437 g/mol. The molecule has 6 nitrogen and oxygen atoms in total. The fraction of sp³-hybridized carbons (Fsp3) is 0.278. The molecule has 0 aliphatic carbocycles. The van der Waals surface area contributed by atoms with Gasteiger partial charge in [0, 0.05) is 29.8 Å². The minimum absolute atomic E-state index is 0.0115. The molecule has 2 rings (SSSR count). The lowest BCUT2D eigenvalue weighted by Crippen LogP contribution is -2.39. The molecular weight excluding hydrogens is 418 g/mol. The number of rotatable bonds is 6. The van der Waals surface area contributed by atoms with Crippen LogP contribution in [0.4, 0.5) is 5.69 Å². The average molecular weight is 438 g/mol. The number of Topliss-reactive ketones (excluding diaryl/α,β-unsaturated/α-hetero) is 1. The third-order valence-electron chi connectivity index (χ3n) is 3.97. The van der Waals surface area contributed by atoms with Gasteiger partial charge in [-0.2, -0.15) is 0 Å². The van der Waals surface area contributed by atoms with E-state index in [2.05, 4.69) is 21.2 Å². The van der Waals surface area contributed by atoms with E-state index < -0.39 is 5.56 Å². The van der Waals surface area contributed by atoms with Crippen LogP contribution in [-0.2, 0) is 14.1 Å². The molecule has 0 atom stereocenters. The van der Waals surface area contributed by atoms with Gasteiger partial charge in [0.2, 0.25) is 0 Å². The van der Waals surface area contributed by atoms with Crippen LogP contribution in [0.2, 0.25) is 0 Å². The van der Waals surface area contributed by atoms with Crippen molar-refractivity contribution in [2.75, 3.05) is 11.1 Å². The maximum Gasteiger partial charge on any atom is 0.330 e. The van der Waals surface area contributed by atoms with E-state index in [1.165, 1.54) is 23.4 Å². The lowest BCUT2D eigenvalue weighted by molar-refractivity contribution is 0.102. The van der Waals surface area contributed by atoms with Crippen LogP contribution in [0, 0.1) is 6.92 Å². The second-order valence-electron chi connectivity index (χ2n) is 5.67. The average Bonchev–Trinajstić information content (AvgIpc) is 2.64. The molecule has 0 unspecified atom stereocenters. The van der Waals surface area contributed by atoms with Crippen LogP contribution < -0.4 is 16.6 Å². The molecule has 1 N–H and O–H groups in total. The summed E-state index contributed by atoms with van der Waals surface area (Å²) in [5, 5.41) is 3.74. The van der Waals surface area contributed by atoms with Gasteiger partial charge in [-0.1, -0.05) is 34.1 Å². The van der Waals surface area contributed by atoms with Crippen molar-refractivity contribution < 1.29 is 4.79 Å². The van der Waals surface area contributed by atoms with Gasteiger partial charge in [0.25, 0.3) is 5.56 Å². The third-order valence-corrected chi connectivity index (χ3v) is 5.52. The number of aromatic nitrogens is 2. The Balaban J connectivity index is 2.18. The van der Waals surface area contributed by atoms with Crippen LogP contribution in [-0.4, -0.2) is 20.7 Å². The number of hydrogen-bond donors (Lipinski definition) is 1. The predicted octanol–water partition coefficient (Wildman–Crippen LogP) is 3.04. The summed E-state index contributed by atoms with van der Waals surface area (Å²) < 4.78 is 3.32. The first-order valence-electron chi connectivity index (χ1n) is 7.87. The SMILES string of the molecule is C/C=C(\Nc1c(C)n(C)c(=O)n(C)c1=O)SCC(=O)c1cccc(Br)c1. The Morgan fingerprint density at radius 2 is 1.96 bits per heavy atom. The Morgan fingerprint density at radius 3 is 2.58 bits per heavy atom. The van der Waals surface area contributed by atoms with Gasteiger partial charge in [0.1, 0.15) is 5.69 Å².